The van der Waals surface area contributed by atoms with E-state index in [-0.39, 0.29) is 35.6 Å². The molecule has 10 heteroatoms. The molecule has 0 bridgehead atoms. The van der Waals surface area contributed by atoms with Gasteiger partial charge in [-0.2, -0.15) is 8.78 Å². The largest absolute Gasteiger partial charge is 0.434 e. The lowest BCUT2D eigenvalue weighted by molar-refractivity contribution is -0.118. The molecule has 7 nitrogen and oxygen atoms in total. The number of thioether (sulfide) groups is 1. The van der Waals surface area contributed by atoms with Crippen LogP contribution in [-0.2, 0) is 16.1 Å². The number of aromatic nitrogens is 1. The summed E-state index contributed by atoms with van der Waals surface area (Å²) in [6.45, 7) is -1.19. The van der Waals surface area contributed by atoms with Crippen LogP contribution in [0.1, 0.15) is 11.3 Å². The van der Waals surface area contributed by atoms with Gasteiger partial charge < -0.3 is 19.9 Å². The van der Waals surface area contributed by atoms with E-state index in [0.717, 1.165) is 11.8 Å². The van der Waals surface area contributed by atoms with Gasteiger partial charge >= 0.3 is 6.61 Å². The Morgan fingerprint density at radius 1 is 1.27 bits per heavy atom. The van der Waals surface area contributed by atoms with E-state index in [9.17, 15) is 18.4 Å². The van der Waals surface area contributed by atoms with E-state index in [1.54, 1.807) is 31.2 Å². The summed E-state index contributed by atoms with van der Waals surface area (Å²) in [6, 6.07) is 7.78. The minimum Gasteiger partial charge on any atom is -0.434 e. The van der Waals surface area contributed by atoms with Crippen molar-refractivity contribution in [2.24, 2.45) is 0 Å². The zero-order chi connectivity index (χ0) is 18.9. The number of amides is 2. The van der Waals surface area contributed by atoms with Crippen molar-refractivity contribution >= 4 is 29.4 Å². The topological polar surface area (TPSA) is 93.5 Å². The first-order valence-electron chi connectivity index (χ1n) is 7.54. The number of benzene rings is 1. The second-order valence-corrected chi connectivity index (χ2v) is 6.11. The van der Waals surface area contributed by atoms with Gasteiger partial charge in [0.15, 0.2) is 5.82 Å². The molecule has 0 radical (unpaired) electrons. The first-order chi connectivity index (χ1) is 12.4. The molecule has 0 saturated carbocycles. The summed E-state index contributed by atoms with van der Waals surface area (Å²) in [5, 5.41) is 8.76. The highest BCUT2D eigenvalue weighted by Gasteiger charge is 2.11. The Hall–Kier alpha value is -2.62. The molecule has 0 spiro atoms. The van der Waals surface area contributed by atoms with Crippen LogP contribution in [0, 0.1) is 6.92 Å². The summed E-state index contributed by atoms with van der Waals surface area (Å²) in [5.41, 5.74) is 0.435. The van der Waals surface area contributed by atoms with Gasteiger partial charge in [0, 0.05) is 18.2 Å². The number of halogens is 2. The third-order valence-corrected chi connectivity index (χ3v) is 3.96. The van der Waals surface area contributed by atoms with Gasteiger partial charge in [-0.1, -0.05) is 23.4 Å². The number of para-hydroxylation sites is 1. The molecule has 140 valence electrons. The molecule has 0 aliphatic carbocycles. The number of carbonyl (C=O) groups is 2. The predicted octanol–water partition coefficient (Wildman–Crippen LogP) is 2.57. The molecule has 1 heterocycles. The molecule has 0 fully saturated rings. The van der Waals surface area contributed by atoms with E-state index in [2.05, 4.69) is 20.5 Å². The Morgan fingerprint density at radius 2 is 2.00 bits per heavy atom. The molecule has 1 aromatic heterocycles. The van der Waals surface area contributed by atoms with E-state index in [0.29, 0.717) is 17.1 Å². The molecule has 2 aromatic rings. The maximum atomic E-state index is 12.3. The van der Waals surface area contributed by atoms with Gasteiger partial charge in [0.25, 0.3) is 0 Å². The van der Waals surface area contributed by atoms with Gasteiger partial charge in [-0.3, -0.25) is 9.59 Å². The monoisotopic (exact) mass is 385 g/mol. The van der Waals surface area contributed by atoms with Gasteiger partial charge in [-0.15, -0.1) is 11.8 Å². The lowest BCUT2D eigenvalue weighted by atomic mass is 10.2. The predicted molar refractivity (Wildman–Crippen MR) is 92.1 cm³/mol. The summed E-state index contributed by atoms with van der Waals surface area (Å²) >= 11 is 1.11. The van der Waals surface area contributed by atoms with Crippen LogP contribution in [0.25, 0.3) is 0 Å². The number of carbonyl (C=O) groups excluding carboxylic acids is 2. The van der Waals surface area contributed by atoms with Crippen LogP contribution in [0.2, 0.25) is 0 Å². The maximum Gasteiger partial charge on any atom is 0.387 e. The van der Waals surface area contributed by atoms with E-state index in [1.165, 1.54) is 6.07 Å². The summed E-state index contributed by atoms with van der Waals surface area (Å²) < 4.78 is 33.9. The number of ether oxygens (including phenoxy) is 1. The fraction of sp³-hybridized carbons (Fsp3) is 0.312. The van der Waals surface area contributed by atoms with E-state index in [1.807, 2.05) is 0 Å². The SMILES string of the molecule is Cc1cc(NC(=O)CSCC(=O)NCc2ccccc2OC(F)F)no1. The van der Waals surface area contributed by atoms with Crippen LogP contribution in [-0.4, -0.2) is 35.1 Å². The molecular weight excluding hydrogens is 368 g/mol. The Kier molecular flexibility index (Phi) is 7.39. The van der Waals surface area contributed by atoms with Gasteiger partial charge in [0.05, 0.1) is 11.5 Å². The molecule has 0 saturated heterocycles. The lowest BCUT2D eigenvalue weighted by Gasteiger charge is -2.11. The number of anilines is 1. The van der Waals surface area contributed by atoms with Gasteiger partial charge in [-0.05, 0) is 13.0 Å². The minimum absolute atomic E-state index is 0.0118. The Balaban J connectivity index is 1.70. The van der Waals surface area contributed by atoms with Crippen molar-refractivity contribution in [1.29, 1.82) is 0 Å². The number of nitrogens with zero attached hydrogens (tertiary/aromatic N) is 1. The molecule has 0 unspecified atom stereocenters. The smallest absolute Gasteiger partial charge is 0.387 e. The number of aryl methyl sites for hydroxylation is 1. The Labute approximate surface area is 152 Å². The summed E-state index contributed by atoms with van der Waals surface area (Å²) in [5.74, 6) is 0.362. The molecule has 0 aliphatic heterocycles. The first-order valence-corrected chi connectivity index (χ1v) is 8.70. The quantitative estimate of drug-likeness (QED) is 0.689. The second-order valence-electron chi connectivity index (χ2n) is 5.13. The number of alkyl halides is 2. The molecule has 2 amide bonds. The zero-order valence-electron chi connectivity index (χ0n) is 13.8. The van der Waals surface area contributed by atoms with E-state index >= 15 is 0 Å². The van der Waals surface area contributed by atoms with Crippen molar-refractivity contribution in [3.05, 3.63) is 41.7 Å². The lowest BCUT2D eigenvalue weighted by Crippen LogP contribution is -2.26. The third-order valence-electron chi connectivity index (χ3n) is 3.03. The maximum absolute atomic E-state index is 12.3. The Morgan fingerprint density at radius 3 is 2.69 bits per heavy atom. The summed E-state index contributed by atoms with van der Waals surface area (Å²) in [7, 11) is 0. The summed E-state index contributed by atoms with van der Waals surface area (Å²) in [6.07, 6.45) is 0. The van der Waals surface area contributed by atoms with E-state index < -0.39 is 6.61 Å². The van der Waals surface area contributed by atoms with Gasteiger partial charge in [-0.25, -0.2) is 0 Å². The van der Waals surface area contributed by atoms with Gasteiger partial charge in [0.1, 0.15) is 11.5 Å². The van der Waals surface area contributed by atoms with Crippen LogP contribution < -0.4 is 15.4 Å². The number of hydrogen-bond donors (Lipinski definition) is 2. The van der Waals surface area contributed by atoms with Crippen LogP contribution in [0.4, 0.5) is 14.6 Å². The van der Waals surface area contributed by atoms with Crippen molar-refractivity contribution in [2.75, 3.05) is 16.8 Å². The molecule has 1 aromatic carbocycles. The molecule has 2 N–H and O–H groups in total. The third kappa shape index (κ3) is 6.71. The molecule has 0 aliphatic rings. The summed E-state index contributed by atoms with van der Waals surface area (Å²) in [4.78, 5) is 23.5. The first kappa shape index (κ1) is 19.7. The zero-order valence-corrected chi connectivity index (χ0v) is 14.6. The van der Waals surface area contributed by atoms with Crippen LogP contribution >= 0.6 is 11.8 Å². The number of rotatable bonds is 9. The number of hydrogen-bond acceptors (Lipinski definition) is 6. The van der Waals surface area contributed by atoms with Crippen LogP contribution in [0.3, 0.4) is 0 Å². The van der Waals surface area contributed by atoms with Crippen molar-refractivity contribution in [3.8, 4) is 5.75 Å². The van der Waals surface area contributed by atoms with Crippen molar-refractivity contribution in [1.82, 2.24) is 10.5 Å². The molecule has 26 heavy (non-hydrogen) atoms. The molecule has 0 atom stereocenters. The fourth-order valence-corrected chi connectivity index (χ4v) is 2.59. The average molecular weight is 385 g/mol. The molecule has 2 rings (SSSR count). The van der Waals surface area contributed by atoms with Gasteiger partial charge in [0.2, 0.25) is 11.8 Å². The second kappa shape index (κ2) is 9.76. The van der Waals surface area contributed by atoms with Crippen LogP contribution in [0.15, 0.2) is 34.9 Å². The van der Waals surface area contributed by atoms with Crippen molar-refractivity contribution in [2.45, 2.75) is 20.1 Å². The minimum atomic E-state index is -2.94. The highest BCUT2D eigenvalue weighted by atomic mass is 32.2. The normalized spacial score (nSPS) is 10.6. The fourth-order valence-electron chi connectivity index (χ4n) is 1.95. The molecular formula is C16H17F2N3O4S. The number of nitrogens with one attached hydrogen (secondary N) is 2. The average Bonchev–Trinajstić information content (AvgIpc) is 2.98. The van der Waals surface area contributed by atoms with Crippen LogP contribution in [0.5, 0.6) is 5.75 Å². The van der Waals surface area contributed by atoms with E-state index in [4.69, 9.17) is 4.52 Å². The van der Waals surface area contributed by atoms with Crippen molar-refractivity contribution < 1.29 is 27.6 Å². The van der Waals surface area contributed by atoms with Crippen molar-refractivity contribution in [3.63, 3.8) is 0 Å². The highest BCUT2D eigenvalue weighted by Crippen LogP contribution is 2.20. The Bertz CT molecular complexity index is 755. The standard InChI is InChI=1S/C16H17F2N3O4S/c1-10-6-13(21-25-10)20-15(23)9-26-8-14(22)19-7-11-4-2-3-5-12(11)24-16(17)18/h2-6,16H,7-9H2,1H3,(H,19,22)(H,20,21,23). The highest BCUT2D eigenvalue weighted by molar-refractivity contribution is 8.00.